The van der Waals surface area contributed by atoms with Crippen molar-refractivity contribution in [3.05, 3.63) is 30.0 Å². The van der Waals surface area contributed by atoms with Crippen LogP contribution in [0.1, 0.15) is 12.7 Å². The fourth-order valence-corrected chi connectivity index (χ4v) is 1.09. The molecule has 0 spiro atoms. The van der Waals surface area contributed by atoms with Gasteiger partial charge in [-0.05, 0) is 19.1 Å². The standard InChI is InChI=1S/C10H8F4O3/c1-2-16-9(15)8(11)7(10(12,13)14)6-4-3-5-17-6/h3-5H,2H2,1H3/b8-7-. The van der Waals surface area contributed by atoms with Crippen molar-refractivity contribution in [3.8, 4) is 0 Å². The number of hydrogen-bond acceptors (Lipinski definition) is 3. The van der Waals surface area contributed by atoms with Gasteiger partial charge in [0.25, 0.3) is 0 Å². The molecule has 17 heavy (non-hydrogen) atoms. The minimum absolute atomic E-state index is 0.227. The summed E-state index contributed by atoms with van der Waals surface area (Å²) in [7, 11) is 0. The topological polar surface area (TPSA) is 39.4 Å². The molecule has 1 rings (SSSR count). The normalized spacial score (nSPS) is 13.2. The van der Waals surface area contributed by atoms with Gasteiger partial charge in [0.15, 0.2) is 0 Å². The summed E-state index contributed by atoms with van der Waals surface area (Å²) in [5.41, 5.74) is -1.78. The molecule has 0 aromatic carbocycles. The number of ether oxygens (including phenoxy) is 1. The Morgan fingerprint density at radius 2 is 2.12 bits per heavy atom. The highest BCUT2D eigenvalue weighted by atomic mass is 19.4. The maximum atomic E-state index is 13.3. The third-order valence-corrected chi connectivity index (χ3v) is 1.73. The van der Waals surface area contributed by atoms with Crippen molar-refractivity contribution < 1.29 is 31.5 Å². The Balaban J connectivity index is 3.24. The van der Waals surface area contributed by atoms with E-state index in [-0.39, 0.29) is 6.61 Å². The van der Waals surface area contributed by atoms with Crippen molar-refractivity contribution in [2.24, 2.45) is 0 Å². The second-order valence-electron chi connectivity index (χ2n) is 2.88. The highest BCUT2D eigenvalue weighted by molar-refractivity contribution is 5.95. The van der Waals surface area contributed by atoms with Gasteiger partial charge in [0.1, 0.15) is 11.3 Å². The highest BCUT2D eigenvalue weighted by Crippen LogP contribution is 2.37. The van der Waals surface area contributed by atoms with Crippen LogP contribution in [0.15, 0.2) is 28.6 Å². The first-order chi connectivity index (χ1) is 7.88. The number of carbonyl (C=O) groups excluding carboxylic acids is 1. The van der Waals surface area contributed by atoms with Crippen LogP contribution in [-0.2, 0) is 9.53 Å². The molecular weight excluding hydrogens is 244 g/mol. The molecule has 3 nitrogen and oxygen atoms in total. The van der Waals surface area contributed by atoms with Gasteiger partial charge in [0.2, 0.25) is 5.83 Å². The van der Waals surface area contributed by atoms with Crippen LogP contribution in [0, 0.1) is 0 Å². The molecule has 0 radical (unpaired) electrons. The summed E-state index contributed by atoms with van der Waals surface area (Å²) in [6.45, 7) is 1.13. The lowest BCUT2D eigenvalue weighted by Crippen LogP contribution is -2.16. The number of alkyl halides is 3. The van der Waals surface area contributed by atoms with Crippen molar-refractivity contribution in [1.29, 1.82) is 0 Å². The fourth-order valence-electron chi connectivity index (χ4n) is 1.09. The molecular formula is C10H8F4O3. The largest absolute Gasteiger partial charge is 0.464 e. The summed E-state index contributed by atoms with van der Waals surface area (Å²) in [5, 5.41) is 0. The van der Waals surface area contributed by atoms with Gasteiger partial charge in [0, 0.05) is 0 Å². The monoisotopic (exact) mass is 252 g/mol. The van der Waals surface area contributed by atoms with Crippen molar-refractivity contribution >= 4 is 11.5 Å². The second kappa shape index (κ2) is 5.03. The van der Waals surface area contributed by atoms with E-state index in [1.54, 1.807) is 0 Å². The van der Waals surface area contributed by atoms with E-state index in [1.165, 1.54) is 6.92 Å². The van der Waals surface area contributed by atoms with Crippen LogP contribution in [0.2, 0.25) is 0 Å². The molecule has 0 amide bonds. The molecule has 0 fully saturated rings. The van der Waals surface area contributed by atoms with E-state index in [9.17, 15) is 22.4 Å². The van der Waals surface area contributed by atoms with Crippen LogP contribution in [-0.4, -0.2) is 18.8 Å². The molecule has 0 N–H and O–H groups in total. The Morgan fingerprint density at radius 3 is 2.53 bits per heavy atom. The van der Waals surface area contributed by atoms with Crippen LogP contribution in [0.4, 0.5) is 17.6 Å². The molecule has 1 heterocycles. The number of carbonyl (C=O) groups is 1. The summed E-state index contributed by atoms with van der Waals surface area (Å²) in [6, 6.07) is 2.06. The lowest BCUT2D eigenvalue weighted by Gasteiger charge is -2.10. The number of rotatable bonds is 3. The smallest absolute Gasteiger partial charge is 0.423 e. The van der Waals surface area contributed by atoms with Gasteiger partial charge in [-0.3, -0.25) is 0 Å². The molecule has 0 aliphatic rings. The van der Waals surface area contributed by atoms with Crippen LogP contribution >= 0.6 is 0 Å². The first-order valence-electron chi connectivity index (χ1n) is 4.56. The number of esters is 1. The number of halogens is 4. The molecule has 0 aliphatic heterocycles. The van der Waals surface area contributed by atoms with Gasteiger partial charge in [0.05, 0.1) is 12.9 Å². The van der Waals surface area contributed by atoms with Gasteiger partial charge < -0.3 is 9.15 Å². The van der Waals surface area contributed by atoms with Gasteiger partial charge in [-0.25, -0.2) is 4.79 Å². The molecule has 0 aliphatic carbocycles. The van der Waals surface area contributed by atoms with Crippen molar-refractivity contribution in [1.82, 2.24) is 0 Å². The minimum Gasteiger partial charge on any atom is -0.464 e. The summed E-state index contributed by atoms with van der Waals surface area (Å²) >= 11 is 0. The summed E-state index contributed by atoms with van der Waals surface area (Å²) in [6.07, 6.45) is -4.10. The van der Waals surface area contributed by atoms with Crippen LogP contribution in [0.5, 0.6) is 0 Å². The zero-order valence-electron chi connectivity index (χ0n) is 8.68. The molecule has 0 saturated heterocycles. The maximum absolute atomic E-state index is 13.3. The third kappa shape index (κ3) is 3.08. The van der Waals surface area contributed by atoms with E-state index in [2.05, 4.69) is 9.15 Å². The van der Waals surface area contributed by atoms with E-state index in [4.69, 9.17) is 0 Å². The lowest BCUT2D eigenvalue weighted by molar-refractivity contribution is -0.140. The summed E-state index contributed by atoms with van der Waals surface area (Å²) in [4.78, 5) is 10.9. The molecule has 0 saturated carbocycles. The molecule has 7 heteroatoms. The summed E-state index contributed by atoms with van der Waals surface area (Å²) in [5.74, 6) is -4.46. The minimum atomic E-state index is -5.05. The number of allylic oxidation sites excluding steroid dienone is 1. The third-order valence-electron chi connectivity index (χ3n) is 1.73. The van der Waals surface area contributed by atoms with Crippen LogP contribution in [0.3, 0.4) is 0 Å². The SMILES string of the molecule is CCOC(=O)/C(F)=C(\c1ccco1)C(F)(F)F. The predicted molar refractivity (Wildman–Crippen MR) is 49.4 cm³/mol. The highest BCUT2D eigenvalue weighted by Gasteiger charge is 2.42. The average Bonchev–Trinajstić information content (AvgIpc) is 2.69. The Bertz CT molecular complexity index is 417. The van der Waals surface area contributed by atoms with Crippen molar-refractivity contribution in [2.45, 2.75) is 13.1 Å². The second-order valence-corrected chi connectivity index (χ2v) is 2.88. The lowest BCUT2D eigenvalue weighted by atomic mass is 10.1. The van der Waals surface area contributed by atoms with Crippen molar-refractivity contribution in [2.75, 3.05) is 6.61 Å². The van der Waals surface area contributed by atoms with Gasteiger partial charge in [-0.2, -0.15) is 17.6 Å². The van der Waals surface area contributed by atoms with E-state index >= 15 is 0 Å². The molecule has 1 aromatic rings. The molecule has 94 valence electrons. The molecule has 0 bridgehead atoms. The van der Waals surface area contributed by atoms with E-state index in [0.717, 1.165) is 18.4 Å². The number of furan rings is 1. The predicted octanol–water partition coefficient (Wildman–Crippen LogP) is 3.09. The first-order valence-corrected chi connectivity index (χ1v) is 4.56. The Morgan fingerprint density at radius 1 is 1.47 bits per heavy atom. The first kappa shape index (κ1) is 13.3. The zero-order chi connectivity index (χ0) is 13.1. The molecule has 1 aromatic heterocycles. The molecule has 0 unspecified atom stereocenters. The zero-order valence-corrected chi connectivity index (χ0v) is 8.68. The fraction of sp³-hybridized carbons (Fsp3) is 0.300. The molecule has 0 atom stereocenters. The van der Waals surface area contributed by atoms with E-state index < -0.39 is 29.3 Å². The van der Waals surface area contributed by atoms with E-state index in [0.29, 0.717) is 0 Å². The Hall–Kier alpha value is -1.79. The Labute approximate surface area is 93.7 Å². The maximum Gasteiger partial charge on any atom is 0.423 e. The van der Waals surface area contributed by atoms with E-state index in [1.807, 2.05) is 0 Å². The van der Waals surface area contributed by atoms with Crippen LogP contribution in [0.25, 0.3) is 5.57 Å². The van der Waals surface area contributed by atoms with Crippen molar-refractivity contribution in [3.63, 3.8) is 0 Å². The van der Waals surface area contributed by atoms with Crippen LogP contribution < -0.4 is 0 Å². The average molecular weight is 252 g/mol. The quantitative estimate of drug-likeness (QED) is 0.471. The van der Waals surface area contributed by atoms with Gasteiger partial charge >= 0.3 is 12.1 Å². The number of hydrogen-bond donors (Lipinski definition) is 0. The van der Waals surface area contributed by atoms with Gasteiger partial charge in [-0.1, -0.05) is 0 Å². The summed E-state index contributed by atoms with van der Waals surface area (Å²) < 4.78 is 59.6. The Kier molecular flexibility index (Phi) is 3.93. The van der Waals surface area contributed by atoms with Gasteiger partial charge in [-0.15, -0.1) is 0 Å².